The molecule has 0 spiro atoms. The van der Waals surface area contributed by atoms with Crippen molar-refractivity contribution in [1.29, 1.82) is 0 Å². The molecule has 4 rings (SSSR count). The Kier molecular flexibility index (Phi) is 5.47. The Bertz CT molecular complexity index is 577. The third kappa shape index (κ3) is 3.39. The molecule has 3 nitrogen and oxygen atoms in total. The summed E-state index contributed by atoms with van der Waals surface area (Å²) < 4.78 is 0. The number of nitrogens with one attached hydrogen (secondary N) is 1. The molecule has 3 heterocycles. The predicted octanol–water partition coefficient (Wildman–Crippen LogP) is 3.56. The van der Waals surface area contributed by atoms with E-state index in [0.29, 0.717) is 0 Å². The Labute approximate surface area is 157 Å². The van der Waals surface area contributed by atoms with E-state index in [9.17, 15) is 4.79 Å². The minimum atomic E-state index is 0.00960. The molecule has 0 aromatic carbocycles. The number of hydrogen-bond acceptors (Lipinski definition) is 5. The maximum atomic E-state index is 12.9. The van der Waals surface area contributed by atoms with Gasteiger partial charge in [0, 0.05) is 41.6 Å². The molecule has 1 saturated heterocycles. The van der Waals surface area contributed by atoms with Crippen LogP contribution in [0.15, 0.2) is 11.4 Å². The van der Waals surface area contributed by atoms with Crippen molar-refractivity contribution in [2.75, 3.05) is 36.9 Å². The molecular formula is C18H26N2OS3. The normalized spacial score (nSPS) is 26.9. The number of rotatable bonds is 4. The van der Waals surface area contributed by atoms with Gasteiger partial charge in [0.05, 0.1) is 0 Å². The minimum absolute atomic E-state index is 0.00960. The first-order chi connectivity index (χ1) is 11.8. The van der Waals surface area contributed by atoms with Crippen molar-refractivity contribution in [2.24, 2.45) is 0 Å². The van der Waals surface area contributed by atoms with Crippen LogP contribution in [-0.2, 0) is 11.2 Å². The maximum Gasteiger partial charge on any atom is 0.237 e. The Balaban J connectivity index is 1.42. The van der Waals surface area contributed by atoms with Crippen LogP contribution >= 0.6 is 34.9 Å². The number of carbonyl (C=O) groups excluding carboxylic acids is 1. The Morgan fingerprint density at radius 1 is 1.25 bits per heavy atom. The second-order valence-corrected chi connectivity index (χ2v) is 10.5. The number of carbonyl (C=O) groups is 1. The average Bonchev–Trinajstić information content (AvgIpc) is 3.30. The van der Waals surface area contributed by atoms with Crippen LogP contribution in [0.2, 0.25) is 0 Å². The van der Waals surface area contributed by atoms with Gasteiger partial charge in [0.25, 0.3) is 0 Å². The fourth-order valence-electron chi connectivity index (χ4n) is 4.38. The SMILES string of the molecule is O=C(NCC1(N2CCSCC2)CCCC1)C1SCCc2sccc21. The number of hydrogen-bond donors (Lipinski definition) is 1. The van der Waals surface area contributed by atoms with Gasteiger partial charge in [-0.2, -0.15) is 11.8 Å². The van der Waals surface area contributed by atoms with Crippen LogP contribution in [0.4, 0.5) is 0 Å². The van der Waals surface area contributed by atoms with Crippen LogP contribution < -0.4 is 5.32 Å². The van der Waals surface area contributed by atoms with Crippen molar-refractivity contribution in [3.8, 4) is 0 Å². The lowest BCUT2D eigenvalue weighted by Crippen LogP contribution is -2.56. The zero-order valence-corrected chi connectivity index (χ0v) is 16.5. The van der Waals surface area contributed by atoms with Crippen LogP contribution in [0.3, 0.4) is 0 Å². The zero-order valence-electron chi connectivity index (χ0n) is 14.1. The summed E-state index contributed by atoms with van der Waals surface area (Å²) in [5.74, 6) is 3.79. The van der Waals surface area contributed by atoms with Gasteiger partial charge in [-0.1, -0.05) is 12.8 Å². The number of fused-ring (bicyclic) bond motifs is 1. The molecule has 0 radical (unpaired) electrons. The molecule has 1 N–H and O–H groups in total. The highest BCUT2D eigenvalue weighted by Crippen LogP contribution is 2.40. The van der Waals surface area contributed by atoms with Crippen LogP contribution in [0, 0.1) is 0 Å². The summed E-state index contributed by atoms with van der Waals surface area (Å²) >= 11 is 5.69. The van der Waals surface area contributed by atoms with Crippen molar-refractivity contribution in [1.82, 2.24) is 10.2 Å². The second kappa shape index (κ2) is 7.60. The summed E-state index contributed by atoms with van der Waals surface area (Å²) in [5.41, 5.74) is 1.50. The summed E-state index contributed by atoms with van der Waals surface area (Å²) in [5, 5.41) is 5.51. The molecular weight excluding hydrogens is 356 g/mol. The summed E-state index contributed by atoms with van der Waals surface area (Å²) in [4.78, 5) is 17.0. The van der Waals surface area contributed by atoms with Gasteiger partial charge in [-0.25, -0.2) is 0 Å². The molecule has 1 aliphatic carbocycles. The molecule has 1 aromatic heterocycles. The number of nitrogens with zero attached hydrogens (tertiary/aromatic N) is 1. The molecule has 2 fully saturated rings. The van der Waals surface area contributed by atoms with Gasteiger partial charge < -0.3 is 5.32 Å². The van der Waals surface area contributed by atoms with Crippen LogP contribution in [0.25, 0.3) is 0 Å². The monoisotopic (exact) mass is 382 g/mol. The summed E-state index contributed by atoms with van der Waals surface area (Å²) in [6.07, 6.45) is 6.24. The van der Waals surface area contributed by atoms with Crippen molar-refractivity contribution in [3.05, 3.63) is 21.9 Å². The molecule has 1 aromatic rings. The van der Waals surface area contributed by atoms with Crippen molar-refractivity contribution >= 4 is 40.8 Å². The van der Waals surface area contributed by atoms with Gasteiger partial charge in [-0.05, 0) is 42.0 Å². The lowest BCUT2D eigenvalue weighted by Gasteiger charge is -2.43. The van der Waals surface area contributed by atoms with Gasteiger partial charge in [0.15, 0.2) is 0 Å². The van der Waals surface area contributed by atoms with Gasteiger partial charge in [-0.15, -0.1) is 23.1 Å². The molecule has 1 saturated carbocycles. The van der Waals surface area contributed by atoms with Gasteiger partial charge in [-0.3, -0.25) is 9.69 Å². The molecule has 24 heavy (non-hydrogen) atoms. The van der Waals surface area contributed by atoms with Gasteiger partial charge in [0.1, 0.15) is 5.25 Å². The number of thiophene rings is 1. The number of amides is 1. The first-order valence-electron chi connectivity index (χ1n) is 9.07. The van der Waals surface area contributed by atoms with Crippen LogP contribution in [0.1, 0.15) is 41.4 Å². The quantitative estimate of drug-likeness (QED) is 0.863. The van der Waals surface area contributed by atoms with Crippen LogP contribution in [0.5, 0.6) is 0 Å². The van der Waals surface area contributed by atoms with Crippen molar-refractivity contribution < 1.29 is 4.79 Å². The van der Waals surface area contributed by atoms with E-state index >= 15 is 0 Å². The largest absolute Gasteiger partial charge is 0.353 e. The number of aryl methyl sites for hydroxylation is 1. The number of thioether (sulfide) groups is 2. The topological polar surface area (TPSA) is 32.3 Å². The molecule has 0 bridgehead atoms. The summed E-state index contributed by atoms with van der Waals surface area (Å²) in [6.45, 7) is 3.22. The Hall–Kier alpha value is -0.170. The van der Waals surface area contributed by atoms with E-state index < -0.39 is 0 Å². The van der Waals surface area contributed by atoms with E-state index in [2.05, 4.69) is 33.4 Å². The highest BCUT2D eigenvalue weighted by atomic mass is 32.2. The van der Waals surface area contributed by atoms with E-state index in [4.69, 9.17) is 0 Å². The lowest BCUT2D eigenvalue weighted by atomic mass is 9.94. The third-order valence-corrected chi connectivity index (χ3v) is 8.90. The van der Waals surface area contributed by atoms with E-state index in [1.807, 2.05) is 23.1 Å². The highest BCUT2D eigenvalue weighted by Gasteiger charge is 2.40. The highest BCUT2D eigenvalue weighted by molar-refractivity contribution is 8.00. The molecule has 1 unspecified atom stereocenters. The molecule has 3 aliphatic rings. The lowest BCUT2D eigenvalue weighted by molar-refractivity contribution is -0.121. The molecule has 132 valence electrons. The first kappa shape index (κ1) is 17.3. The maximum absolute atomic E-state index is 12.9. The first-order valence-corrected chi connectivity index (χ1v) is 12.2. The van der Waals surface area contributed by atoms with Crippen LogP contribution in [-0.4, -0.2) is 53.2 Å². The standard InChI is InChI=1S/C18H26N2OS3/c21-17(16-14-3-9-23-15(14)4-10-24-16)19-13-18(5-1-2-6-18)20-7-11-22-12-8-20/h3,9,16H,1-2,4-8,10-13H2,(H,19,21). The van der Waals surface area contributed by atoms with E-state index in [1.54, 1.807) is 0 Å². The molecule has 2 aliphatic heterocycles. The molecule has 6 heteroatoms. The van der Waals surface area contributed by atoms with Gasteiger partial charge >= 0.3 is 0 Å². The Morgan fingerprint density at radius 3 is 2.83 bits per heavy atom. The second-order valence-electron chi connectivity index (χ2n) is 7.05. The zero-order chi connectivity index (χ0) is 16.4. The summed E-state index contributed by atoms with van der Waals surface area (Å²) in [6, 6.07) is 2.16. The van der Waals surface area contributed by atoms with Crippen molar-refractivity contribution in [3.63, 3.8) is 0 Å². The Morgan fingerprint density at radius 2 is 2.04 bits per heavy atom. The minimum Gasteiger partial charge on any atom is -0.353 e. The smallest absolute Gasteiger partial charge is 0.237 e. The van der Waals surface area contributed by atoms with Crippen molar-refractivity contribution in [2.45, 2.75) is 42.9 Å². The predicted molar refractivity (Wildman–Crippen MR) is 106 cm³/mol. The van der Waals surface area contributed by atoms with E-state index in [0.717, 1.165) is 18.7 Å². The fourth-order valence-corrected chi connectivity index (χ4v) is 7.60. The van der Waals surface area contributed by atoms with E-state index in [-0.39, 0.29) is 16.7 Å². The molecule has 1 amide bonds. The van der Waals surface area contributed by atoms with Gasteiger partial charge in [0.2, 0.25) is 5.91 Å². The summed E-state index contributed by atoms with van der Waals surface area (Å²) in [7, 11) is 0. The van der Waals surface area contributed by atoms with E-state index in [1.165, 1.54) is 60.7 Å². The third-order valence-electron chi connectivity index (χ3n) is 5.72. The average molecular weight is 383 g/mol. The fraction of sp³-hybridized carbons (Fsp3) is 0.722. The molecule has 1 atom stereocenters.